The Kier molecular flexibility index (Phi) is 3.07. The van der Waals surface area contributed by atoms with Crippen molar-refractivity contribution < 1.29 is 0 Å². The average molecular weight is 184 g/mol. The van der Waals surface area contributed by atoms with Crippen molar-refractivity contribution in [3.05, 3.63) is 21.9 Å². The van der Waals surface area contributed by atoms with E-state index in [1.165, 1.54) is 5.56 Å². The number of hydrogen-bond acceptors (Lipinski definition) is 4. The highest BCUT2D eigenvalue weighted by Gasteiger charge is 2.07. The number of hydrazone groups is 1. The molecule has 1 aromatic rings. The molecule has 1 heterocycles. The monoisotopic (exact) mass is 184 g/mol. The van der Waals surface area contributed by atoms with E-state index < -0.39 is 0 Å². The molecule has 5 N–H and O–H groups in total. The minimum atomic E-state index is 0.543. The summed E-state index contributed by atoms with van der Waals surface area (Å²) in [6, 6.07) is 2.04. The lowest BCUT2D eigenvalue weighted by Crippen LogP contribution is -2.31. The third-order valence-electron chi connectivity index (χ3n) is 1.61. The zero-order chi connectivity index (χ0) is 8.97. The van der Waals surface area contributed by atoms with E-state index in [2.05, 4.69) is 17.5 Å². The Labute approximate surface area is 75.2 Å². The van der Waals surface area contributed by atoms with Crippen LogP contribution < -0.4 is 17.1 Å². The van der Waals surface area contributed by atoms with Crippen molar-refractivity contribution >= 4 is 17.2 Å². The molecule has 0 aliphatic heterocycles. The molecule has 4 nitrogen and oxygen atoms in total. The quantitative estimate of drug-likeness (QED) is 0.269. The Morgan fingerprint density at radius 3 is 3.00 bits per heavy atom. The number of thiophene rings is 1. The molecule has 0 aliphatic carbocycles. The summed E-state index contributed by atoms with van der Waals surface area (Å²) in [4.78, 5) is 1.02. The van der Waals surface area contributed by atoms with E-state index in [-0.39, 0.29) is 0 Å². The molecule has 1 rings (SSSR count). The lowest BCUT2D eigenvalue weighted by molar-refractivity contribution is 1.00. The number of nitrogens with zero attached hydrogens (tertiary/aromatic N) is 1. The molecule has 0 bridgehead atoms. The van der Waals surface area contributed by atoms with Gasteiger partial charge in [0, 0.05) is 0 Å². The van der Waals surface area contributed by atoms with Gasteiger partial charge in [0.2, 0.25) is 0 Å². The average Bonchev–Trinajstić information content (AvgIpc) is 2.55. The Hall–Kier alpha value is -1.07. The number of amidine groups is 1. The third kappa shape index (κ3) is 1.57. The maximum absolute atomic E-state index is 5.24. The van der Waals surface area contributed by atoms with Crippen molar-refractivity contribution in [1.29, 1.82) is 0 Å². The molecule has 0 unspecified atom stereocenters. The van der Waals surface area contributed by atoms with Crippen LogP contribution in [0.4, 0.5) is 0 Å². The zero-order valence-corrected chi connectivity index (χ0v) is 7.69. The fraction of sp³-hybridized carbons (Fsp3) is 0.286. The second-order valence-corrected chi connectivity index (χ2v) is 3.17. The highest BCUT2D eigenvalue weighted by atomic mass is 32.1. The largest absolute Gasteiger partial charge is 0.321 e. The van der Waals surface area contributed by atoms with Crippen LogP contribution in [0.15, 0.2) is 16.5 Å². The second-order valence-electron chi connectivity index (χ2n) is 2.25. The third-order valence-corrected chi connectivity index (χ3v) is 2.57. The number of nitrogens with two attached hydrogens (primary N) is 2. The van der Waals surface area contributed by atoms with Crippen molar-refractivity contribution in [1.82, 2.24) is 5.43 Å². The van der Waals surface area contributed by atoms with E-state index in [9.17, 15) is 0 Å². The first kappa shape index (κ1) is 9.02. The number of aryl methyl sites for hydroxylation is 1. The van der Waals surface area contributed by atoms with E-state index in [0.29, 0.717) is 5.84 Å². The summed E-state index contributed by atoms with van der Waals surface area (Å²) >= 11 is 1.58. The van der Waals surface area contributed by atoms with Crippen LogP contribution in [0, 0.1) is 0 Å². The lowest BCUT2D eigenvalue weighted by Gasteiger charge is -2.02. The molecular formula is C7H12N4S. The fourth-order valence-corrected chi connectivity index (χ4v) is 1.94. The molecule has 0 radical (unpaired) electrons. The minimum absolute atomic E-state index is 0.543. The molecule has 0 aromatic carbocycles. The van der Waals surface area contributed by atoms with Crippen LogP contribution in [0.25, 0.3) is 0 Å². The maximum Gasteiger partial charge on any atom is 0.177 e. The van der Waals surface area contributed by atoms with E-state index in [4.69, 9.17) is 11.7 Å². The van der Waals surface area contributed by atoms with E-state index in [1.807, 2.05) is 11.4 Å². The molecule has 0 atom stereocenters. The summed E-state index contributed by atoms with van der Waals surface area (Å²) in [6.07, 6.45) is 0.958. The SMILES string of the molecule is CCc1ccsc1/C(=N/N)NN. The molecule has 0 aliphatic rings. The summed E-state index contributed by atoms with van der Waals surface area (Å²) in [6.45, 7) is 2.08. The number of hydrazine groups is 1. The van der Waals surface area contributed by atoms with Crippen molar-refractivity contribution in [2.75, 3.05) is 0 Å². The lowest BCUT2D eigenvalue weighted by atomic mass is 10.2. The van der Waals surface area contributed by atoms with Crippen molar-refractivity contribution in [3.8, 4) is 0 Å². The molecule has 0 spiro atoms. The van der Waals surface area contributed by atoms with Gasteiger partial charge in [0.1, 0.15) is 0 Å². The van der Waals surface area contributed by atoms with Gasteiger partial charge in [-0.3, -0.25) is 0 Å². The van der Waals surface area contributed by atoms with Crippen LogP contribution in [0.1, 0.15) is 17.4 Å². The first-order chi connectivity index (χ1) is 5.83. The Morgan fingerprint density at radius 1 is 1.75 bits per heavy atom. The van der Waals surface area contributed by atoms with Gasteiger partial charge in [0.15, 0.2) is 5.84 Å². The van der Waals surface area contributed by atoms with Gasteiger partial charge in [-0.15, -0.1) is 11.3 Å². The topological polar surface area (TPSA) is 76.4 Å². The normalized spacial score (nSPS) is 11.7. The van der Waals surface area contributed by atoms with Crippen LogP contribution in [0.5, 0.6) is 0 Å². The van der Waals surface area contributed by atoms with Gasteiger partial charge >= 0.3 is 0 Å². The highest BCUT2D eigenvalue weighted by Crippen LogP contribution is 2.16. The van der Waals surface area contributed by atoms with Gasteiger partial charge < -0.3 is 11.3 Å². The van der Waals surface area contributed by atoms with Gasteiger partial charge in [-0.25, -0.2) is 5.84 Å². The predicted molar refractivity (Wildman–Crippen MR) is 51.7 cm³/mol. The smallest absolute Gasteiger partial charge is 0.177 e. The Bertz CT molecular complexity index is 279. The van der Waals surface area contributed by atoms with E-state index in [1.54, 1.807) is 11.3 Å². The van der Waals surface area contributed by atoms with E-state index in [0.717, 1.165) is 11.3 Å². The first-order valence-corrected chi connectivity index (χ1v) is 4.52. The van der Waals surface area contributed by atoms with Crippen LogP contribution in [0.3, 0.4) is 0 Å². The summed E-state index contributed by atoms with van der Waals surface area (Å²) < 4.78 is 0. The minimum Gasteiger partial charge on any atom is -0.321 e. The molecule has 5 heteroatoms. The molecule has 0 fully saturated rings. The fourth-order valence-electron chi connectivity index (χ4n) is 0.983. The number of hydrogen-bond donors (Lipinski definition) is 3. The molecule has 1 aromatic heterocycles. The van der Waals surface area contributed by atoms with Gasteiger partial charge in [0.05, 0.1) is 4.88 Å². The number of nitrogens with one attached hydrogen (secondary N) is 1. The Morgan fingerprint density at radius 2 is 2.50 bits per heavy atom. The van der Waals surface area contributed by atoms with Crippen LogP contribution >= 0.6 is 11.3 Å². The summed E-state index contributed by atoms with van der Waals surface area (Å²) in [7, 11) is 0. The first-order valence-electron chi connectivity index (χ1n) is 3.64. The molecular weight excluding hydrogens is 172 g/mol. The van der Waals surface area contributed by atoms with Gasteiger partial charge in [0.25, 0.3) is 0 Å². The van der Waals surface area contributed by atoms with Crippen LogP contribution in [-0.2, 0) is 6.42 Å². The molecule has 0 saturated heterocycles. The predicted octanol–water partition coefficient (Wildman–Crippen LogP) is 0.394. The molecule has 66 valence electrons. The molecule has 0 saturated carbocycles. The van der Waals surface area contributed by atoms with Gasteiger partial charge in [-0.05, 0) is 23.4 Å². The standard InChI is InChI=1S/C7H12N4S/c1-2-5-3-4-12-6(5)7(10-8)11-9/h3-4H,2,8-9H2,1H3,(H,10,11). The second kappa shape index (κ2) is 4.08. The maximum atomic E-state index is 5.24. The molecule has 12 heavy (non-hydrogen) atoms. The zero-order valence-electron chi connectivity index (χ0n) is 6.87. The van der Waals surface area contributed by atoms with Gasteiger partial charge in [-0.1, -0.05) is 6.92 Å². The number of rotatable bonds is 2. The van der Waals surface area contributed by atoms with Crippen LogP contribution in [-0.4, -0.2) is 5.84 Å². The van der Waals surface area contributed by atoms with Gasteiger partial charge in [-0.2, -0.15) is 5.10 Å². The van der Waals surface area contributed by atoms with Crippen LogP contribution in [0.2, 0.25) is 0 Å². The van der Waals surface area contributed by atoms with Crippen molar-refractivity contribution in [3.63, 3.8) is 0 Å². The molecule has 0 amide bonds. The summed E-state index contributed by atoms with van der Waals surface area (Å²) in [5, 5.41) is 5.55. The van der Waals surface area contributed by atoms with E-state index >= 15 is 0 Å². The summed E-state index contributed by atoms with van der Waals surface area (Å²) in [5.74, 6) is 10.9. The van der Waals surface area contributed by atoms with Crippen molar-refractivity contribution in [2.45, 2.75) is 13.3 Å². The highest BCUT2D eigenvalue weighted by molar-refractivity contribution is 7.12. The Balaban J connectivity index is 3.00. The summed E-state index contributed by atoms with van der Waals surface area (Å²) in [5.41, 5.74) is 3.67. The van der Waals surface area contributed by atoms with Crippen molar-refractivity contribution in [2.24, 2.45) is 16.8 Å².